The third-order valence-electron chi connectivity index (χ3n) is 22.8. The van der Waals surface area contributed by atoms with Gasteiger partial charge in [0.25, 0.3) is 11.8 Å². The number of oxazole rings is 1. The number of hydrogen-bond donors (Lipinski definition) is 0. The Hall–Kier alpha value is -13.0. The molecular formula is C89H81F6N21O. The Balaban J connectivity index is 0.000000104. The second-order valence-electron chi connectivity index (χ2n) is 31.2. The number of alkyl halides is 6. The number of piperidine rings is 1. The van der Waals surface area contributed by atoms with Gasteiger partial charge < -0.3 is 24.0 Å². The molecule has 13 aromatic rings. The van der Waals surface area contributed by atoms with Crippen molar-refractivity contribution in [2.75, 3.05) is 65.4 Å². The van der Waals surface area contributed by atoms with Crippen molar-refractivity contribution in [1.82, 2.24) is 64.0 Å². The average molecular weight is 1570 g/mol. The lowest BCUT2D eigenvalue weighted by atomic mass is 9.96. The van der Waals surface area contributed by atoms with Crippen LogP contribution in [0.1, 0.15) is 116 Å². The van der Waals surface area contributed by atoms with Gasteiger partial charge in [0.1, 0.15) is 34.7 Å². The maximum atomic E-state index is 13.6. The highest BCUT2D eigenvalue weighted by Crippen LogP contribution is 2.42. The molecule has 0 bridgehead atoms. The summed E-state index contributed by atoms with van der Waals surface area (Å²) < 4.78 is 93.7. The summed E-state index contributed by atoms with van der Waals surface area (Å²) in [5, 5.41) is 17.1. The van der Waals surface area contributed by atoms with Gasteiger partial charge in [0, 0.05) is 189 Å². The summed E-state index contributed by atoms with van der Waals surface area (Å²) in [4.78, 5) is 49.0. The van der Waals surface area contributed by atoms with Gasteiger partial charge >= 0.3 is 0 Å². The van der Waals surface area contributed by atoms with Crippen LogP contribution in [-0.4, -0.2) is 157 Å². The first kappa shape index (κ1) is 74.1. The Morgan fingerprint density at radius 3 is 1.07 bits per heavy atom. The van der Waals surface area contributed by atoms with E-state index in [0.717, 1.165) is 166 Å². The lowest BCUT2D eigenvalue weighted by Gasteiger charge is -2.39. The summed E-state index contributed by atoms with van der Waals surface area (Å²) in [5.41, 5.74) is 26.6. The standard InChI is InChI=1S/C26H24N6O.C22H21F2N5.C21H19F2N5.C20H17F2N5/c1-31-14-20(13-29-31)17-4-5-19-12-28-25(21(19)10-17)18-6-8-27-24(11-18)32-9-7-23-22(15-32)30-26(33-23)16-2-3-16;1-28-14-18(13-27-28)15-2-3-17-12-26-21(19(17)10-15)16-4-7-25-20(11-16)29-8-5-22(23,24)6-9-29;1-27-10-16(9-26-27)13-2-3-15-8-25-21(17(15)6-13)14-4-5-24-20(7-14)28-11-18(22)19(23)12-28;1-26-10-16(9-25-26)13-2-3-15-8-24-19(17(15)6-13)14-4-5-23-18(7-14)27-11-20(21,22)12-27/h4-6,8,10-11,13-14,16H,2-3,7,9,12,15H2,1H3;2-4,7,10-11,13-14H,5-6,8-9,12H2,1H3;2-7,9-10,18-19H,8,11-12H2,1H3;2-7,9-10H,8,11-12H2,1H3/t;;18-,19-;/m..0./s1. The van der Waals surface area contributed by atoms with Crippen molar-refractivity contribution in [2.24, 2.45) is 48.2 Å². The molecule has 8 aliphatic heterocycles. The number of pyridine rings is 4. The molecule has 590 valence electrons. The summed E-state index contributed by atoms with van der Waals surface area (Å²) in [6.45, 7) is 4.38. The molecular weight excluding hydrogens is 1490 g/mol. The third-order valence-corrected chi connectivity index (χ3v) is 22.8. The van der Waals surface area contributed by atoms with E-state index >= 15 is 0 Å². The van der Waals surface area contributed by atoms with E-state index in [1.165, 1.54) is 29.5 Å². The molecule has 22 rings (SSSR count). The van der Waals surface area contributed by atoms with Crippen molar-refractivity contribution in [2.45, 2.75) is 94.9 Å². The lowest BCUT2D eigenvalue weighted by molar-refractivity contribution is -0.0267. The SMILES string of the molecule is Cn1cc(-c2ccc3c(c2)C(c2ccnc(N4CC(F)(F)C4)c2)=NC3)cn1.Cn1cc(-c2ccc3c(c2)C(c2ccnc(N4CCC(F)(F)CC4)c2)=NC3)cn1.Cn1cc(-c2ccc3c(c2)C(c2ccnc(N4CCc5oc(C6CC6)nc5C4)c2)=NC3)cn1.Cn1cc(-c2ccc3c(c2)C(c2ccnc(N4C[C@H](F)[C@@H](F)C4)c2)=NC3)cn1. The van der Waals surface area contributed by atoms with E-state index in [-0.39, 0.29) is 39.0 Å². The second kappa shape index (κ2) is 30.3. The van der Waals surface area contributed by atoms with Crippen molar-refractivity contribution in [1.29, 1.82) is 0 Å². The zero-order chi connectivity index (χ0) is 79.8. The zero-order valence-electron chi connectivity index (χ0n) is 64.8. The molecule has 1 saturated carbocycles. The molecule has 0 spiro atoms. The van der Waals surface area contributed by atoms with Crippen LogP contribution in [0, 0.1) is 0 Å². The normalized spacial score (nSPS) is 18.3. The predicted molar refractivity (Wildman–Crippen MR) is 438 cm³/mol. The number of rotatable bonds is 13. The fourth-order valence-electron chi connectivity index (χ4n) is 16.2. The first-order chi connectivity index (χ1) is 56.8. The number of nitrogens with zero attached hydrogens (tertiary/aromatic N) is 21. The number of halogens is 6. The fourth-order valence-corrected chi connectivity index (χ4v) is 16.2. The minimum Gasteiger partial charge on any atom is -0.445 e. The number of benzene rings is 4. The zero-order valence-corrected chi connectivity index (χ0v) is 64.8. The average Bonchev–Trinajstić information content (AvgIpc) is 1.75. The Morgan fingerprint density at radius 1 is 0.376 bits per heavy atom. The Kier molecular flexibility index (Phi) is 19.2. The minimum absolute atomic E-state index is 0.0336. The molecule has 17 heterocycles. The van der Waals surface area contributed by atoms with Gasteiger partial charge in [0.2, 0.25) is 0 Å². The van der Waals surface area contributed by atoms with E-state index in [9.17, 15) is 26.3 Å². The van der Waals surface area contributed by atoms with E-state index < -0.39 is 24.2 Å². The lowest BCUT2D eigenvalue weighted by Crippen LogP contribution is -2.56. The molecule has 0 amide bonds. The maximum absolute atomic E-state index is 13.6. The smallest absolute Gasteiger partial charge is 0.282 e. The second-order valence-corrected chi connectivity index (χ2v) is 31.2. The molecule has 117 heavy (non-hydrogen) atoms. The number of aryl methyl sites for hydroxylation is 4. The van der Waals surface area contributed by atoms with E-state index in [1.807, 2.05) is 130 Å². The highest BCUT2D eigenvalue weighted by Gasteiger charge is 2.45. The Labute approximate surface area is 670 Å². The Morgan fingerprint density at radius 2 is 0.726 bits per heavy atom. The van der Waals surface area contributed by atoms with Gasteiger partial charge in [-0.2, -0.15) is 20.4 Å². The molecule has 28 heteroatoms. The number of aliphatic imine (C=N–C) groups is 4. The van der Waals surface area contributed by atoms with Gasteiger partial charge in [-0.05, 0) is 130 Å². The van der Waals surface area contributed by atoms with E-state index in [1.54, 1.807) is 42.4 Å². The van der Waals surface area contributed by atoms with Gasteiger partial charge in [-0.1, -0.05) is 48.5 Å². The van der Waals surface area contributed by atoms with Crippen LogP contribution in [0.5, 0.6) is 0 Å². The molecule has 4 fully saturated rings. The highest BCUT2D eigenvalue weighted by atomic mass is 19.3. The largest absolute Gasteiger partial charge is 0.445 e. The number of anilines is 4. The van der Waals surface area contributed by atoms with Crippen LogP contribution < -0.4 is 19.6 Å². The molecule has 0 N–H and O–H groups in total. The van der Waals surface area contributed by atoms with Crippen molar-refractivity contribution in [3.63, 3.8) is 0 Å². The number of hydrogen-bond acceptors (Lipinski definition) is 18. The van der Waals surface area contributed by atoms with Crippen LogP contribution >= 0.6 is 0 Å². The highest BCUT2D eigenvalue weighted by molar-refractivity contribution is 6.18. The van der Waals surface area contributed by atoms with E-state index in [0.29, 0.717) is 56.8 Å². The molecule has 9 aliphatic rings. The minimum atomic E-state index is -2.62. The van der Waals surface area contributed by atoms with E-state index in [4.69, 9.17) is 24.4 Å². The first-order valence-corrected chi connectivity index (χ1v) is 39.3. The monoisotopic (exact) mass is 1570 g/mol. The van der Waals surface area contributed by atoms with Crippen molar-refractivity contribution in [3.05, 3.63) is 280 Å². The fraction of sp³-hybridized carbons (Fsp3) is 0.292. The number of aromatic nitrogens is 13. The van der Waals surface area contributed by atoms with Gasteiger partial charge in [-0.3, -0.25) is 38.7 Å². The van der Waals surface area contributed by atoms with Crippen LogP contribution in [-0.2, 0) is 67.3 Å². The van der Waals surface area contributed by atoms with Crippen LogP contribution in [0.4, 0.5) is 49.6 Å². The molecule has 0 radical (unpaired) electrons. The molecule has 0 unspecified atom stereocenters. The van der Waals surface area contributed by atoms with Crippen LogP contribution in [0.25, 0.3) is 44.5 Å². The van der Waals surface area contributed by atoms with Crippen molar-refractivity contribution >= 4 is 46.1 Å². The summed E-state index contributed by atoms with van der Waals surface area (Å²) in [5.74, 6) is 0.205. The summed E-state index contributed by atoms with van der Waals surface area (Å²) in [6, 6.07) is 41.2. The molecule has 1 aliphatic carbocycles. The first-order valence-electron chi connectivity index (χ1n) is 39.3. The van der Waals surface area contributed by atoms with Gasteiger partial charge in [-0.15, -0.1) is 0 Å². The molecule has 2 atom stereocenters. The quantitative estimate of drug-likeness (QED) is 0.0983. The van der Waals surface area contributed by atoms with Gasteiger partial charge in [-0.25, -0.2) is 51.3 Å². The summed E-state index contributed by atoms with van der Waals surface area (Å²) in [7, 11) is 7.63. The third kappa shape index (κ3) is 15.4. The maximum Gasteiger partial charge on any atom is 0.282 e. The topological polar surface area (TPSA) is 211 Å². The number of fused-ring (bicyclic) bond motifs is 5. The van der Waals surface area contributed by atoms with Gasteiger partial charge in [0.05, 0.1) is 107 Å². The van der Waals surface area contributed by atoms with Crippen molar-refractivity contribution < 1.29 is 30.8 Å². The Bertz CT molecular complexity index is 6090. The van der Waals surface area contributed by atoms with Crippen molar-refractivity contribution in [3.8, 4) is 44.5 Å². The predicted octanol–water partition coefficient (Wildman–Crippen LogP) is 14.9. The molecule has 3 saturated heterocycles. The van der Waals surface area contributed by atoms with Crippen LogP contribution in [0.3, 0.4) is 0 Å². The molecule has 4 aromatic carbocycles. The van der Waals surface area contributed by atoms with Crippen LogP contribution in [0.2, 0.25) is 0 Å². The molecule has 9 aromatic heterocycles. The van der Waals surface area contributed by atoms with Gasteiger partial charge in [0.15, 0.2) is 18.2 Å². The summed E-state index contributed by atoms with van der Waals surface area (Å²) in [6.07, 6.45) is 22.5. The van der Waals surface area contributed by atoms with E-state index in [2.05, 4.69) is 135 Å². The molecule has 22 nitrogen and oxygen atoms in total. The summed E-state index contributed by atoms with van der Waals surface area (Å²) >= 11 is 0. The van der Waals surface area contributed by atoms with Crippen LogP contribution in [0.15, 0.2) is 220 Å².